The number of benzene rings is 2. The highest BCUT2D eigenvalue weighted by Gasteiger charge is 2.50. The van der Waals surface area contributed by atoms with E-state index in [0.29, 0.717) is 0 Å². The molecule has 0 spiro atoms. The predicted molar refractivity (Wildman–Crippen MR) is 201 cm³/mol. The van der Waals surface area contributed by atoms with Gasteiger partial charge in [-0.05, 0) is 19.9 Å². The Hall–Kier alpha value is -4.67. The number of phenolic OH excluding ortho intramolecular Hbond substituents is 3. The maximum Gasteiger partial charge on any atom is 0.312 e. The molecule has 3 heterocycles. The van der Waals surface area contributed by atoms with Gasteiger partial charge in [0.05, 0.1) is 46.8 Å². The van der Waals surface area contributed by atoms with Gasteiger partial charge in [-0.15, -0.1) is 0 Å². The number of anilines is 1. The van der Waals surface area contributed by atoms with Crippen molar-refractivity contribution in [2.45, 2.75) is 91.9 Å². The quantitative estimate of drug-likeness (QED) is 0.102. The number of ether oxygens (including phenoxy) is 6. The van der Waals surface area contributed by atoms with Crippen LogP contribution in [0, 0.1) is 30.6 Å². The zero-order chi connectivity index (χ0) is 41.3. The SMILES string of the molecule is COC(OC)c1c2c(O)c3c(O)c(C)c4c(c3c1O)C(=O)[C@@](C)(OC=C[C@H](OC)[C@H](C)[C@H](OC(C)=O)[C@H](C)[C@H](O)[C@H](C)[C@@H](O)[C@H](C)C=CC=C(C)C(=O)N2)O4. The first-order valence-electron chi connectivity index (χ1n) is 17.9. The lowest BCUT2D eigenvalue weighted by atomic mass is 9.78. The van der Waals surface area contributed by atoms with Gasteiger partial charge in [0.25, 0.3) is 11.7 Å². The van der Waals surface area contributed by atoms with Gasteiger partial charge in [0.15, 0.2) is 12.0 Å². The molecule has 3 aliphatic rings. The standard InChI is InChI=1S/C40H53NO14/c1-17-13-12-14-18(2)38(49)41-29-28(39(51-10)52-11)33(46)25-26(34(29)47)32(45)22(6)36-27(25)37(48)40(8,55-36)53-16-15-24(50-9)19(3)35(54-23(7)42)21(5)31(44)20(4)30(17)43/h12-17,19-21,24,30-31,35,39,43-47H,1-11H3,(H,41,49)/t17-,19+,20-,21-,24+,30+,31-,35+,40+/m1/s1. The van der Waals surface area contributed by atoms with Gasteiger partial charge in [0.2, 0.25) is 0 Å². The number of aliphatic hydroxyl groups excluding tert-OH is 2. The van der Waals surface area contributed by atoms with Gasteiger partial charge in [-0.2, -0.15) is 0 Å². The average Bonchev–Trinajstić information content (AvgIpc) is 3.41. The molecule has 6 N–H and O–H groups in total. The lowest BCUT2D eigenvalue weighted by Gasteiger charge is -2.38. The van der Waals surface area contributed by atoms with Crippen LogP contribution in [0.25, 0.3) is 10.8 Å². The molecular weight excluding hydrogens is 718 g/mol. The molecule has 302 valence electrons. The number of fused-ring (bicyclic) bond motifs is 14. The second kappa shape index (κ2) is 17.0. The number of ketones is 1. The number of amides is 1. The highest BCUT2D eigenvalue weighted by Crippen LogP contribution is 2.56. The van der Waals surface area contributed by atoms with Crippen molar-refractivity contribution >= 4 is 34.1 Å². The van der Waals surface area contributed by atoms with Crippen LogP contribution in [0.5, 0.6) is 23.0 Å². The summed E-state index contributed by atoms with van der Waals surface area (Å²) in [6.07, 6.45) is 2.02. The molecule has 5 rings (SSSR count). The van der Waals surface area contributed by atoms with Crippen LogP contribution < -0.4 is 10.1 Å². The monoisotopic (exact) mass is 771 g/mol. The minimum atomic E-state index is -2.06. The number of esters is 1. The Labute approximate surface area is 320 Å². The molecule has 0 radical (unpaired) electrons. The van der Waals surface area contributed by atoms with E-state index in [1.807, 2.05) is 0 Å². The van der Waals surface area contributed by atoms with E-state index in [1.54, 1.807) is 39.8 Å². The minimum Gasteiger partial charge on any atom is -0.507 e. The van der Waals surface area contributed by atoms with Crippen molar-refractivity contribution < 1.29 is 68.3 Å². The van der Waals surface area contributed by atoms with Crippen molar-refractivity contribution in [3.8, 4) is 23.0 Å². The Kier molecular flexibility index (Phi) is 13.3. The number of Topliss-reactive ketones (excluding diaryl/α,β-unsaturated/α-hetero) is 1. The predicted octanol–water partition coefficient (Wildman–Crippen LogP) is 5.05. The molecule has 0 unspecified atom stereocenters. The number of nitrogens with one attached hydrogen (secondary N) is 1. The van der Waals surface area contributed by atoms with Crippen LogP contribution in [-0.2, 0) is 33.3 Å². The van der Waals surface area contributed by atoms with Crippen LogP contribution in [0.15, 0.2) is 36.1 Å². The molecule has 2 aromatic rings. The fourth-order valence-electron chi connectivity index (χ4n) is 7.31. The third-order valence-corrected chi connectivity index (χ3v) is 10.7. The van der Waals surface area contributed by atoms with Gasteiger partial charge in [-0.1, -0.05) is 45.9 Å². The largest absolute Gasteiger partial charge is 0.507 e. The fourth-order valence-corrected chi connectivity index (χ4v) is 7.31. The zero-order valence-corrected chi connectivity index (χ0v) is 33.0. The Balaban J connectivity index is 1.98. The molecule has 2 aromatic carbocycles. The molecule has 3 aliphatic heterocycles. The van der Waals surface area contributed by atoms with E-state index in [1.165, 1.54) is 67.4 Å². The Bertz CT molecular complexity index is 1900. The summed E-state index contributed by atoms with van der Waals surface area (Å²) < 4.78 is 34.3. The third kappa shape index (κ3) is 8.03. The first-order chi connectivity index (χ1) is 25.8. The van der Waals surface area contributed by atoms with Gasteiger partial charge in [0.1, 0.15) is 23.4 Å². The van der Waals surface area contributed by atoms with Crippen LogP contribution >= 0.6 is 0 Å². The number of carbonyl (C=O) groups excluding carboxylic acids is 3. The molecular formula is C40H53NO14. The van der Waals surface area contributed by atoms with Crippen LogP contribution in [0.4, 0.5) is 5.69 Å². The van der Waals surface area contributed by atoms with Crippen LogP contribution in [0.2, 0.25) is 0 Å². The third-order valence-electron chi connectivity index (χ3n) is 10.7. The maximum atomic E-state index is 14.3. The molecule has 0 aromatic heterocycles. The summed E-state index contributed by atoms with van der Waals surface area (Å²) in [7, 11) is 3.94. The summed E-state index contributed by atoms with van der Waals surface area (Å²) in [6, 6.07) is 0. The summed E-state index contributed by atoms with van der Waals surface area (Å²) in [6.45, 7) is 12.4. The van der Waals surface area contributed by atoms with Gasteiger partial charge < -0.3 is 59.3 Å². The molecule has 55 heavy (non-hydrogen) atoms. The molecule has 0 saturated heterocycles. The number of carbonyl (C=O) groups is 3. The van der Waals surface area contributed by atoms with Crippen molar-refractivity contribution in [3.63, 3.8) is 0 Å². The Morgan fingerprint density at radius 2 is 1.53 bits per heavy atom. The van der Waals surface area contributed by atoms with E-state index in [2.05, 4.69) is 5.32 Å². The van der Waals surface area contributed by atoms with Crippen molar-refractivity contribution in [2.75, 3.05) is 26.6 Å². The summed E-state index contributed by atoms with van der Waals surface area (Å²) in [5, 5.41) is 59.7. The van der Waals surface area contributed by atoms with Crippen molar-refractivity contribution in [1.82, 2.24) is 0 Å². The van der Waals surface area contributed by atoms with Gasteiger partial charge in [0, 0.05) is 75.4 Å². The number of rotatable bonds is 5. The highest BCUT2D eigenvalue weighted by molar-refractivity contribution is 6.22. The molecule has 5 bridgehead atoms. The molecule has 9 atom stereocenters. The van der Waals surface area contributed by atoms with Crippen LogP contribution in [0.1, 0.15) is 76.2 Å². The van der Waals surface area contributed by atoms with E-state index in [4.69, 9.17) is 28.4 Å². The number of methoxy groups -OCH3 is 3. The molecule has 1 amide bonds. The average molecular weight is 772 g/mol. The van der Waals surface area contributed by atoms with E-state index in [-0.39, 0.29) is 44.5 Å². The number of aromatic hydroxyl groups is 3. The summed E-state index contributed by atoms with van der Waals surface area (Å²) >= 11 is 0. The molecule has 0 aliphatic carbocycles. The maximum absolute atomic E-state index is 14.3. The molecule has 15 heteroatoms. The topological polar surface area (TPSA) is 220 Å². The van der Waals surface area contributed by atoms with Crippen LogP contribution in [0.3, 0.4) is 0 Å². The summed E-state index contributed by atoms with van der Waals surface area (Å²) in [4.78, 5) is 40.1. The van der Waals surface area contributed by atoms with Gasteiger partial charge in [-0.3, -0.25) is 14.4 Å². The summed E-state index contributed by atoms with van der Waals surface area (Å²) in [5.41, 5.74) is -0.680. The minimum absolute atomic E-state index is 0.0272. The Morgan fingerprint density at radius 1 is 0.891 bits per heavy atom. The number of aliphatic hydroxyl groups is 2. The van der Waals surface area contributed by atoms with E-state index in [0.717, 1.165) is 0 Å². The fraction of sp³-hybridized carbons (Fsp3) is 0.525. The molecule has 0 saturated carbocycles. The number of phenols is 3. The number of allylic oxidation sites excluding steroid dienone is 2. The Morgan fingerprint density at radius 3 is 2.11 bits per heavy atom. The lowest BCUT2D eigenvalue weighted by molar-refractivity contribution is -0.160. The first-order valence-corrected chi connectivity index (χ1v) is 17.9. The molecule has 0 fully saturated rings. The smallest absolute Gasteiger partial charge is 0.312 e. The first kappa shape index (κ1) is 43.1. The van der Waals surface area contributed by atoms with Gasteiger partial charge in [-0.25, -0.2) is 0 Å². The van der Waals surface area contributed by atoms with E-state index < -0.39 is 95.1 Å². The van der Waals surface area contributed by atoms with E-state index in [9.17, 15) is 39.9 Å². The van der Waals surface area contributed by atoms with Crippen LogP contribution in [-0.4, -0.2) is 94.7 Å². The lowest BCUT2D eigenvalue weighted by Crippen LogP contribution is -2.46. The second-order valence-electron chi connectivity index (χ2n) is 14.4. The highest BCUT2D eigenvalue weighted by atomic mass is 16.7. The van der Waals surface area contributed by atoms with E-state index >= 15 is 0 Å². The second-order valence-corrected chi connectivity index (χ2v) is 14.4. The number of hydrogen-bond donors (Lipinski definition) is 6. The van der Waals surface area contributed by atoms with Crippen molar-refractivity contribution in [1.29, 1.82) is 0 Å². The normalized spacial score (nSPS) is 29.3. The number of hydrogen-bond acceptors (Lipinski definition) is 14. The summed E-state index contributed by atoms with van der Waals surface area (Å²) in [5.74, 6) is -8.72. The van der Waals surface area contributed by atoms with Crippen molar-refractivity contribution in [2.24, 2.45) is 23.7 Å². The van der Waals surface area contributed by atoms with Crippen molar-refractivity contribution in [3.05, 3.63) is 52.8 Å². The van der Waals surface area contributed by atoms with Gasteiger partial charge >= 0.3 is 11.8 Å². The zero-order valence-electron chi connectivity index (χ0n) is 33.0. The molecule has 15 nitrogen and oxygen atoms in total.